The van der Waals surface area contributed by atoms with Crippen molar-refractivity contribution in [3.8, 4) is 5.75 Å². The minimum absolute atomic E-state index is 0.0644. The van der Waals surface area contributed by atoms with Gasteiger partial charge >= 0.3 is 11.9 Å². The molecule has 1 aliphatic heterocycles. The van der Waals surface area contributed by atoms with Gasteiger partial charge in [-0.1, -0.05) is 41.7 Å². The van der Waals surface area contributed by atoms with Gasteiger partial charge in [0.15, 0.2) is 4.80 Å². The molecule has 0 radical (unpaired) electrons. The molecule has 0 saturated heterocycles. The molecule has 0 aliphatic carbocycles. The van der Waals surface area contributed by atoms with E-state index < -0.39 is 18.0 Å². The third-order valence-electron chi connectivity index (χ3n) is 5.97. The molecular formula is C29H30N2O7S. The molecule has 1 aromatic heterocycles. The van der Waals surface area contributed by atoms with Crippen LogP contribution in [0.3, 0.4) is 0 Å². The van der Waals surface area contributed by atoms with Crippen molar-refractivity contribution in [1.29, 1.82) is 0 Å². The van der Waals surface area contributed by atoms with E-state index >= 15 is 0 Å². The van der Waals surface area contributed by atoms with Crippen molar-refractivity contribution in [2.24, 2.45) is 4.99 Å². The molecule has 2 aromatic carbocycles. The first-order valence-electron chi connectivity index (χ1n) is 12.4. The van der Waals surface area contributed by atoms with Crippen LogP contribution in [0.4, 0.5) is 0 Å². The number of thiazole rings is 1. The Hall–Kier alpha value is -4.02. The van der Waals surface area contributed by atoms with Gasteiger partial charge < -0.3 is 18.9 Å². The van der Waals surface area contributed by atoms with Crippen LogP contribution in [0.2, 0.25) is 0 Å². The second-order valence-corrected chi connectivity index (χ2v) is 10.0. The quantitative estimate of drug-likeness (QED) is 0.298. The van der Waals surface area contributed by atoms with E-state index in [-0.39, 0.29) is 30.5 Å². The van der Waals surface area contributed by atoms with Crippen molar-refractivity contribution < 1.29 is 28.5 Å². The van der Waals surface area contributed by atoms with E-state index in [0.29, 0.717) is 31.9 Å². The summed E-state index contributed by atoms with van der Waals surface area (Å²) in [5.41, 5.74) is 2.18. The Morgan fingerprint density at radius 1 is 1.05 bits per heavy atom. The number of carbonyl (C=O) groups excluding carboxylic acids is 2. The van der Waals surface area contributed by atoms with Crippen molar-refractivity contribution >= 4 is 29.4 Å². The van der Waals surface area contributed by atoms with E-state index in [4.69, 9.17) is 18.9 Å². The average Bonchev–Trinajstić information content (AvgIpc) is 3.22. The number of aromatic nitrogens is 1. The van der Waals surface area contributed by atoms with E-state index in [1.165, 1.54) is 30.1 Å². The Morgan fingerprint density at radius 2 is 1.77 bits per heavy atom. The molecule has 2 heterocycles. The molecular weight excluding hydrogens is 520 g/mol. The maximum Gasteiger partial charge on any atom is 0.338 e. The average molecular weight is 551 g/mol. The van der Waals surface area contributed by atoms with Crippen LogP contribution in [0.1, 0.15) is 48.3 Å². The second-order valence-electron chi connectivity index (χ2n) is 9.03. The fraction of sp³-hybridized carbons (Fsp3) is 0.310. The van der Waals surface area contributed by atoms with Gasteiger partial charge in [-0.15, -0.1) is 0 Å². The van der Waals surface area contributed by atoms with Crippen molar-refractivity contribution in [2.45, 2.75) is 32.9 Å². The van der Waals surface area contributed by atoms with Crippen LogP contribution >= 0.6 is 11.3 Å². The van der Waals surface area contributed by atoms with Crippen LogP contribution in [-0.2, 0) is 19.0 Å². The van der Waals surface area contributed by atoms with Gasteiger partial charge in [0, 0.05) is 12.7 Å². The first-order valence-corrected chi connectivity index (χ1v) is 13.2. The summed E-state index contributed by atoms with van der Waals surface area (Å²) in [5.74, 6) is -0.462. The van der Waals surface area contributed by atoms with Gasteiger partial charge in [-0.05, 0) is 50.6 Å². The highest BCUT2D eigenvalue weighted by atomic mass is 32.1. The number of esters is 2. The Kier molecular flexibility index (Phi) is 8.78. The molecule has 0 fully saturated rings. The summed E-state index contributed by atoms with van der Waals surface area (Å²) < 4.78 is 23.3. The molecule has 0 unspecified atom stereocenters. The number of para-hydroxylation sites is 1. The van der Waals surface area contributed by atoms with Crippen LogP contribution in [0.25, 0.3) is 6.08 Å². The topological polar surface area (TPSA) is 105 Å². The van der Waals surface area contributed by atoms with E-state index in [0.717, 1.165) is 5.56 Å². The van der Waals surface area contributed by atoms with Gasteiger partial charge in [0.05, 0.1) is 41.2 Å². The van der Waals surface area contributed by atoms with E-state index in [1.807, 2.05) is 38.1 Å². The number of rotatable bonds is 9. The molecule has 0 spiro atoms. The predicted octanol–water partition coefficient (Wildman–Crippen LogP) is 3.00. The predicted molar refractivity (Wildman–Crippen MR) is 147 cm³/mol. The number of ether oxygens (including phenoxy) is 4. The highest BCUT2D eigenvalue weighted by molar-refractivity contribution is 7.07. The fourth-order valence-corrected chi connectivity index (χ4v) is 5.27. The van der Waals surface area contributed by atoms with Crippen LogP contribution in [-0.4, -0.2) is 50.0 Å². The number of benzene rings is 2. The third-order valence-corrected chi connectivity index (χ3v) is 6.95. The molecule has 10 heteroatoms. The number of nitrogens with zero attached hydrogens (tertiary/aromatic N) is 2. The third kappa shape index (κ3) is 6.02. The largest absolute Gasteiger partial charge is 0.491 e. The summed E-state index contributed by atoms with van der Waals surface area (Å²) >= 11 is 1.22. The van der Waals surface area contributed by atoms with Gasteiger partial charge in [0.1, 0.15) is 18.4 Å². The zero-order chi connectivity index (χ0) is 28.1. The molecule has 0 saturated carbocycles. The number of methoxy groups -OCH3 is 2. The maximum absolute atomic E-state index is 13.9. The lowest BCUT2D eigenvalue weighted by Gasteiger charge is -2.27. The Bertz CT molecular complexity index is 1580. The lowest BCUT2D eigenvalue weighted by molar-refractivity contribution is -0.140. The van der Waals surface area contributed by atoms with Crippen molar-refractivity contribution in [2.75, 3.05) is 27.4 Å². The first kappa shape index (κ1) is 28.0. The van der Waals surface area contributed by atoms with E-state index in [1.54, 1.807) is 37.3 Å². The molecule has 204 valence electrons. The Morgan fingerprint density at radius 3 is 2.44 bits per heavy atom. The fourth-order valence-electron chi connectivity index (χ4n) is 4.22. The number of fused-ring (bicyclic) bond motifs is 1. The molecule has 1 aliphatic rings. The monoisotopic (exact) mass is 550 g/mol. The summed E-state index contributed by atoms with van der Waals surface area (Å²) in [6, 6.07) is 13.3. The highest BCUT2D eigenvalue weighted by Crippen LogP contribution is 2.36. The molecule has 0 amide bonds. The van der Waals surface area contributed by atoms with Crippen LogP contribution in [0.15, 0.2) is 69.6 Å². The lowest BCUT2D eigenvalue weighted by Crippen LogP contribution is -2.40. The van der Waals surface area contributed by atoms with Crippen LogP contribution < -0.4 is 19.6 Å². The van der Waals surface area contributed by atoms with E-state index in [2.05, 4.69) is 4.99 Å². The Labute approximate surface area is 229 Å². The minimum Gasteiger partial charge on any atom is -0.491 e. The van der Waals surface area contributed by atoms with Gasteiger partial charge in [-0.25, -0.2) is 14.6 Å². The van der Waals surface area contributed by atoms with Gasteiger partial charge in [0.2, 0.25) is 0 Å². The second kappa shape index (κ2) is 12.2. The molecule has 39 heavy (non-hydrogen) atoms. The molecule has 0 N–H and O–H groups in total. The zero-order valence-electron chi connectivity index (χ0n) is 22.4. The standard InChI is InChI=1S/C29H30N2O7S/c1-17(2)38-22-9-7-6-8-21(22)25-24(28(34)37-15-14-35-4)18(3)30-29-31(25)26(32)23(39-29)16-19-10-12-20(13-11-19)27(33)36-5/h6-13,16-17,25H,14-15H2,1-5H3/b23-16+/t25-/m0/s1. The minimum atomic E-state index is -0.810. The summed E-state index contributed by atoms with van der Waals surface area (Å²) in [5, 5.41) is 0. The smallest absolute Gasteiger partial charge is 0.338 e. The number of allylic oxidation sites excluding steroid dienone is 1. The SMILES string of the molecule is COCCOC(=O)C1=C(C)N=c2s/c(=C/c3ccc(C(=O)OC)cc3)c(=O)n2[C@H]1c1ccccc1OC(C)C. The normalized spacial score (nSPS) is 15.1. The van der Waals surface area contributed by atoms with Crippen LogP contribution in [0.5, 0.6) is 5.75 Å². The van der Waals surface area contributed by atoms with Gasteiger partial charge in [-0.3, -0.25) is 9.36 Å². The molecule has 9 nitrogen and oxygen atoms in total. The van der Waals surface area contributed by atoms with E-state index in [9.17, 15) is 14.4 Å². The molecule has 4 rings (SSSR count). The first-order chi connectivity index (χ1) is 18.7. The number of carbonyl (C=O) groups is 2. The summed E-state index contributed by atoms with van der Waals surface area (Å²) in [6.45, 7) is 5.86. The number of hydrogen-bond donors (Lipinski definition) is 0. The summed E-state index contributed by atoms with van der Waals surface area (Å²) in [6.07, 6.45) is 1.60. The molecule has 1 atom stereocenters. The molecule has 3 aromatic rings. The molecule has 0 bridgehead atoms. The van der Waals surface area contributed by atoms with Crippen molar-refractivity contribution in [1.82, 2.24) is 4.57 Å². The van der Waals surface area contributed by atoms with Gasteiger partial charge in [-0.2, -0.15) is 0 Å². The zero-order valence-corrected chi connectivity index (χ0v) is 23.2. The number of hydrogen-bond acceptors (Lipinski definition) is 9. The lowest BCUT2D eigenvalue weighted by atomic mass is 9.95. The summed E-state index contributed by atoms with van der Waals surface area (Å²) in [4.78, 5) is 44.1. The Balaban J connectivity index is 1.88. The van der Waals surface area contributed by atoms with Gasteiger partial charge in [0.25, 0.3) is 5.56 Å². The van der Waals surface area contributed by atoms with Crippen molar-refractivity contribution in [3.05, 3.63) is 96.2 Å². The summed E-state index contributed by atoms with van der Waals surface area (Å²) in [7, 11) is 2.84. The van der Waals surface area contributed by atoms with Crippen molar-refractivity contribution in [3.63, 3.8) is 0 Å². The highest BCUT2D eigenvalue weighted by Gasteiger charge is 2.35. The maximum atomic E-state index is 13.9. The van der Waals surface area contributed by atoms with Crippen LogP contribution in [0, 0.1) is 0 Å².